The topological polar surface area (TPSA) is 115 Å². The summed E-state index contributed by atoms with van der Waals surface area (Å²) in [5.41, 5.74) is -0.0920. The number of hydrogen-bond donors (Lipinski definition) is 1. The van der Waals surface area contributed by atoms with Crippen LogP contribution in [0.2, 0.25) is 0 Å². The van der Waals surface area contributed by atoms with E-state index in [1.54, 1.807) is 6.92 Å². The van der Waals surface area contributed by atoms with E-state index in [2.05, 4.69) is 25.3 Å². The Hall–Kier alpha value is -2.59. The first-order chi connectivity index (χ1) is 12.6. The molecule has 0 bridgehead atoms. The summed E-state index contributed by atoms with van der Waals surface area (Å²) in [6.45, 7) is 6.52. The Kier molecular flexibility index (Phi) is 6.08. The quantitative estimate of drug-likeness (QED) is 0.697. The highest BCUT2D eigenvalue weighted by atomic mass is 16.5. The van der Waals surface area contributed by atoms with Crippen LogP contribution in [0.25, 0.3) is 11.5 Å². The predicted molar refractivity (Wildman–Crippen MR) is 91.4 cm³/mol. The van der Waals surface area contributed by atoms with Crippen molar-refractivity contribution in [2.45, 2.75) is 19.9 Å². The summed E-state index contributed by atoms with van der Waals surface area (Å²) < 4.78 is 11.7. The molecule has 0 aliphatic carbocycles. The number of aryl methyl sites for hydroxylation is 2. The van der Waals surface area contributed by atoms with Crippen LogP contribution < -0.4 is 10.9 Å². The Morgan fingerprint density at radius 1 is 1.31 bits per heavy atom. The van der Waals surface area contributed by atoms with Gasteiger partial charge in [-0.2, -0.15) is 4.98 Å². The second-order valence-electron chi connectivity index (χ2n) is 6.01. The number of hydrogen-bond acceptors (Lipinski definition) is 8. The molecule has 10 nitrogen and oxygen atoms in total. The molecule has 1 amide bonds. The monoisotopic (exact) mass is 362 g/mol. The molecule has 26 heavy (non-hydrogen) atoms. The van der Waals surface area contributed by atoms with Gasteiger partial charge in [-0.1, -0.05) is 5.16 Å². The highest BCUT2D eigenvalue weighted by molar-refractivity contribution is 5.75. The third-order valence-electron chi connectivity index (χ3n) is 4.09. The number of rotatable bonds is 7. The molecule has 1 aliphatic rings. The maximum absolute atomic E-state index is 12.5. The minimum absolute atomic E-state index is 0.107. The first-order valence-corrected chi connectivity index (χ1v) is 8.55. The molecule has 0 radical (unpaired) electrons. The summed E-state index contributed by atoms with van der Waals surface area (Å²) in [6.07, 6.45) is 2.97. The van der Waals surface area contributed by atoms with Crippen LogP contribution in [0.3, 0.4) is 0 Å². The molecule has 1 saturated heterocycles. The smallest absolute Gasteiger partial charge is 0.266 e. The molecule has 10 heteroatoms. The Labute approximate surface area is 150 Å². The molecule has 140 valence electrons. The average Bonchev–Trinajstić information content (AvgIpc) is 3.08. The van der Waals surface area contributed by atoms with Crippen LogP contribution in [0.15, 0.2) is 21.8 Å². The molecule has 1 N–H and O–H groups in total. The maximum Gasteiger partial charge on any atom is 0.266 e. The highest BCUT2D eigenvalue weighted by Crippen LogP contribution is 2.10. The van der Waals surface area contributed by atoms with Crippen LogP contribution in [-0.4, -0.2) is 69.9 Å². The van der Waals surface area contributed by atoms with Gasteiger partial charge in [-0.25, -0.2) is 4.98 Å². The van der Waals surface area contributed by atoms with Gasteiger partial charge in [0, 0.05) is 45.3 Å². The number of carbonyl (C=O) groups excluding carboxylic acids is 1. The zero-order chi connectivity index (χ0) is 18.4. The Bertz CT molecular complexity index is 796. The molecule has 0 aromatic carbocycles. The molecule has 2 aromatic heterocycles. The van der Waals surface area contributed by atoms with Crippen molar-refractivity contribution in [3.8, 4) is 11.5 Å². The lowest BCUT2D eigenvalue weighted by Gasteiger charge is -2.26. The van der Waals surface area contributed by atoms with Gasteiger partial charge in [0.15, 0.2) is 5.82 Å². The van der Waals surface area contributed by atoms with Gasteiger partial charge in [-0.05, 0) is 6.92 Å². The minimum atomic E-state index is -0.315. The van der Waals surface area contributed by atoms with Gasteiger partial charge in [0.05, 0.1) is 19.5 Å². The van der Waals surface area contributed by atoms with Crippen LogP contribution >= 0.6 is 0 Å². The summed E-state index contributed by atoms with van der Waals surface area (Å²) in [7, 11) is 0. The summed E-state index contributed by atoms with van der Waals surface area (Å²) >= 11 is 0. The summed E-state index contributed by atoms with van der Waals surface area (Å²) in [5.74, 6) is 0.461. The van der Waals surface area contributed by atoms with Crippen LogP contribution in [0, 0.1) is 6.92 Å². The molecule has 2 aromatic rings. The van der Waals surface area contributed by atoms with Gasteiger partial charge in [0.2, 0.25) is 5.91 Å². The molecular formula is C16H22N6O4. The molecule has 3 heterocycles. The molecule has 3 rings (SSSR count). The number of amides is 1. The largest absolute Gasteiger partial charge is 0.379 e. The lowest BCUT2D eigenvalue weighted by atomic mass is 10.3. The number of carbonyl (C=O) groups is 1. The predicted octanol–water partition coefficient (Wildman–Crippen LogP) is -0.560. The van der Waals surface area contributed by atoms with Gasteiger partial charge >= 0.3 is 0 Å². The van der Waals surface area contributed by atoms with Gasteiger partial charge in [0.1, 0.15) is 5.56 Å². The lowest BCUT2D eigenvalue weighted by Crippen LogP contribution is -2.41. The summed E-state index contributed by atoms with van der Waals surface area (Å²) in [4.78, 5) is 34.8. The fraction of sp³-hybridized carbons (Fsp3) is 0.562. The molecular weight excluding hydrogens is 340 g/mol. The van der Waals surface area contributed by atoms with Crippen LogP contribution in [-0.2, 0) is 16.1 Å². The Balaban J connectivity index is 1.49. The summed E-state index contributed by atoms with van der Waals surface area (Å²) in [6, 6.07) is 0. The average molecular weight is 362 g/mol. The number of nitrogens with one attached hydrogen (secondary N) is 1. The van der Waals surface area contributed by atoms with Crippen LogP contribution in [0.5, 0.6) is 0 Å². The lowest BCUT2D eigenvalue weighted by molar-refractivity contribution is -0.121. The van der Waals surface area contributed by atoms with Crippen molar-refractivity contribution in [3.05, 3.63) is 28.7 Å². The van der Waals surface area contributed by atoms with Crippen LogP contribution in [0.4, 0.5) is 0 Å². The first-order valence-electron chi connectivity index (χ1n) is 8.55. The number of morpholine rings is 1. The van der Waals surface area contributed by atoms with Gasteiger partial charge in [0.25, 0.3) is 11.4 Å². The standard InChI is InChI=1S/C16H22N6O4/c1-12-19-15(26-20-12)13-10-17-11-22(16(13)24)4-2-14(23)18-3-5-21-6-8-25-9-7-21/h10-11H,2-9H2,1H3,(H,18,23). The zero-order valence-corrected chi connectivity index (χ0v) is 14.7. The van der Waals surface area contributed by atoms with E-state index in [0.717, 1.165) is 32.8 Å². The highest BCUT2D eigenvalue weighted by Gasteiger charge is 2.14. The van der Waals surface area contributed by atoms with E-state index in [4.69, 9.17) is 9.26 Å². The van der Waals surface area contributed by atoms with Crippen molar-refractivity contribution >= 4 is 5.91 Å². The Morgan fingerprint density at radius 3 is 2.85 bits per heavy atom. The van der Waals surface area contributed by atoms with Crippen LogP contribution in [0.1, 0.15) is 12.2 Å². The zero-order valence-electron chi connectivity index (χ0n) is 14.7. The molecule has 0 spiro atoms. The maximum atomic E-state index is 12.5. The van der Waals surface area contributed by atoms with Crippen molar-refractivity contribution in [1.29, 1.82) is 0 Å². The molecule has 0 unspecified atom stereocenters. The molecule has 0 saturated carbocycles. The normalized spacial score (nSPS) is 15.1. The first kappa shape index (κ1) is 18.2. The van der Waals surface area contributed by atoms with Gasteiger partial charge in [-0.15, -0.1) is 0 Å². The second kappa shape index (κ2) is 8.68. The third-order valence-corrected chi connectivity index (χ3v) is 4.09. The second-order valence-corrected chi connectivity index (χ2v) is 6.01. The third kappa shape index (κ3) is 4.73. The van der Waals surface area contributed by atoms with E-state index in [1.165, 1.54) is 17.1 Å². The summed E-state index contributed by atoms with van der Waals surface area (Å²) in [5, 5.41) is 6.54. The van der Waals surface area contributed by atoms with E-state index in [1.807, 2.05) is 0 Å². The number of aromatic nitrogens is 4. The van der Waals surface area contributed by atoms with E-state index >= 15 is 0 Å². The number of ether oxygens (including phenoxy) is 1. The fourth-order valence-corrected chi connectivity index (χ4v) is 2.65. The Morgan fingerprint density at radius 2 is 2.12 bits per heavy atom. The van der Waals surface area contributed by atoms with Crippen molar-refractivity contribution in [2.75, 3.05) is 39.4 Å². The fourth-order valence-electron chi connectivity index (χ4n) is 2.65. The van der Waals surface area contributed by atoms with E-state index in [0.29, 0.717) is 12.4 Å². The number of nitrogens with zero attached hydrogens (tertiary/aromatic N) is 5. The van der Waals surface area contributed by atoms with Crippen molar-refractivity contribution in [3.63, 3.8) is 0 Å². The molecule has 1 aliphatic heterocycles. The minimum Gasteiger partial charge on any atom is -0.379 e. The molecule has 1 fully saturated rings. The van der Waals surface area contributed by atoms with E-state index in [-0.39, 0.29) is 35.9 Å². The van der Waals surface area contributed by atoms with Crippen molar-refractivity contribution in [1.82, 2.24) is 29.9 Å². The SMILES string of the molecule is Cc1noc(-c2cncn(CCC(=O)NCCN3CCOCC3)c2=O)n1. The van der Waals surface area contributed by atoms with Crippen molar-refractivity contribution < 1.29 is 14.1 Å². The van der Waals surface area contributed by atoms with Crippen molar-refractivity contribution in [2.24, 2.45) is 0 Å². The van der Waals surface area contributed by atoms with E-state index in [9.17, 15) is 9.59 Å². The van der Waals surface area contributed by atoms with Gasteiger partial charge < -0.3 is 14.6 Å². The van der Waals surface area contributed by atoms with Gasteiger partial charge in [-0.3, -0.25) is 19.1 Å². The van der Waals surface area contributed by atoms with E-state index < -0.39 is 0 Å². The molecule has 0 atom stereocenters.